The van der Waals surface area contributed by atoms with E-state index in [-0.39, 0.29) is 17.7 Å². The van der Waals surface area contributed by atoms with Crippen molar-refractivity contribution in [1.82, 2.24) is 19.8 Å². The maximum Gasteiger partial charge on any atom is 0.222 e. The molecule has 1 aromatic heterocycles. The Bertz CT molecular complexity index is 631. The fourth-order valence-corrected chi connectivity index (χ4v) is 3.59. The molecule has 0 saturated carbocycles. The monoisotopic (exact) mass is 330 g/mol. The van der Waals surface area contributed by atoms with Crippen molar-refractivity contribution < 1.29 is 9.59 Å². The molecule has 0 bridgehead atoms. The average Bonchev–Trinajstić information content (AvgIpc) is 2.61. The molecular formula is C18H26N4O2. The summed E-state index contributed by atoms with van der Waals surface area (Å²) in [5, 5.41) is 0. The second-order valence-corrected chi connectivity index (χ2v) is 6.82. The molecule has 0 unspecified atom stereocenters. The zero-order valence-corrected chi connectivity index (χ0v) is 14.6. The second-order valence-electron chi connectivity index (χ2n) is 6.82. The predicted molar refractivity (Wildman–Crippen MR) is 90.3 cm³/mol. The van der Waals surface area contributed by atoms with E-state index in [2.05, 4.69) is 4.98 Å². The van der Waals surface area contributed by atoms with E-state index < -0.39 is 0 Å². The van der Waals surface area contributed by atoms with Crippen LogP contribution in [0.15, 0.2) is 6.20 Å². The first-order valence-electron chi connectivity index (χ1n) is 8.96. The number of rotatable bonds is 3. The Balaban J connectivity index is 1.71. The van der Waals surface area contributed by atoms with E-state index >= 15 is 0 Å². The number of fused-ring (bicyclic) bond motifs is 1. The number of likely N-dealkylation sites (tertiary alicyclic amines) is 1. The van der Waals surface area contributed by atoms with E-state index in [0.717, 1.165) is 62.4 Å². The average molecular weight is 330 g/mol. The summed E-state index contributed by atoms with van der Waals surface area (Å²) in [6.07, 6.45) is 6.20. The third-order valence-electron chi connectivity index (χ3n) is 5.00. The maximum atomic E-state index is 12.1. The van der Waals surface area contributed by atoms with Gasteiger partial charge in [0, 0.05) is 63.6 Å². The van der Waals surface area contributed by atoms with Crippen molar-refractivity contribution in [1.29, 1.82) is 0 Å². The molecular weight excluding hydrogens is 304 g/mol. The van der Waals surface area contributed by atoms with Crippen LogP contribution < -0.4 is 0 Å². The van der Waals surface area contributed by atoms with Gasteiger partial charge in [-0.2, -0.15) is 0 Å². The van der Waals surface area contributed by atoms with Gasteiger partial charge < -0.3 is 9.80 Å². The SMILES string of the molecule is CCCC(=O)N1CCc2nc([C@@H]3CCCN(C(C)=O)C3)ncc2C1. The molecule has 24 heavy (non-hydrogen) atoms. The summed E-state index contributed by atoms with van der Waals surface area (Å²) in [5.41, 5.74) is 2.13. The zero-order valence-electron chi connectivity index (χ0n) is 14.6. The van der Waals surface area contributed by atoms with Crippen LogP contribution in [0.25, 0.3) is 0 Å². The molecule has 0 aromatic carbocycles. The van der Waals surface area contributed by atoms with E-state index in [9.17, 15) is 9.59 Å². The van der Waals surface area contributed by atoms with Gasteiger partial charge in [-0.05, 0) is 19.3 Å². The van der Waals surface area contributed by atoms with Gasteiger partial charge in [-0.3, -0.25) is 9.59 Å². The third-order valence-corrected chi connectivity index (χ3v) is 5.00. The predicted octanol–water partition coefficient (Wildman–Crippen LogP) is 1.89. The summed E-state index contributed by atoms with van der Waals surface area (Å²) in [6.45, 7) is 6.57. The van der Waals surface area contributed by atoms with E-state index in [1.165, 1.54) is 0 Å². The normalized spacial score (nSPS) is 20.7. The summed E-state index contributed by atoms with van der Waals surface area (Å²) >= 11 is 0. The molecule has 0 radical (unpaired) electrons. The summed E-state index contributed by atoms with van der Waals surface area (Å²) in [6, 6.07) is 0. The summed E-state index contributed by atoms with van der Waals surface area (Å²) in [4.78, 5) is 36.8. The van der Waals surface area contributed by atoms with Crippen molar-refractivity contribution in [2.45, 2.75) is 58.4 Å². The van der Waals surface area contributed by atoms with Crippen molar-refractivity contribution in [2.75, 3.05) is 19.6 Å². The first-order chi connectivity index (χ1) is 11.6. The molecule has 2 aliphatic rings. The molecule has 6 heteroatoms. The first-order valence-corrected chi connectivity index (χ1v) is 8.96. The van der Waals surface area contributed by atoms with Gasteiger partial charge in [0.05, 0.1) is 5.69 Å². The van der Waals surface area contributed by atoms with Gasteiger partial charge in [-0.25, -0.2) is 9.97 Å². The van der Waals surface area contributed by atoms with Gasteiger partial charge >= 0.3 is 0 Å². The van der Waals surface area contributed by atoms with Crippen molar-refractivity contribution in [2.24, 2.45) is 0 Å². The molecule has 1 atom stereocenters. The second kappa shape index (κ2) is 7.28. The van der Waals surface area contributed by atoms with Crippen LogP contribution in [0.5, 0.6) is 0 Å². The molecule has 3 rings (SSSR count). The first kappa shape index (κ1) is 16.9. The number of carbonyl (C=O) groups is 2. The molecule has 2 aliphatic heterocycles. The van der Waals surface area contributed by atoms with Crippen molar-refractivity contribution >= 4 is 11.8 Å². The van der Waals surface area contributed by atoms with E-state index in [0.29, 0.717) is 13.0 Å². The van der Waals surface area contributed by atoms with E-state index in [4.69, 9.17) is 4.98 Å². The van der Waals surface area contributed by atoms with Crippen LogP contribution in [0.3, 0.4) is 0 Å². The Labute approximate surface area is 143 Å². The lowest BCUT2D eigenvalue weighted by atomic mass is 9.96. The highest BCUT2D eigenvalue weighted by molar-refractivity contribution is 5.76. The van der Waals surface area contributed by atoms with Crippen LogP contribution in [-0.4, -0.2) is 51.2 Å². The molecule has 6 nitrogen and oxygen atoms in total. The highest BCUT2D eigenvalue weighted by Crippen LogP contribution is 2.26. The van der Waals surface area contributed by atoms with Crippen LogP contribution in [0.2, 0.25) is 0 Å². The molecule has 3 heterocycles. The number of hydrogen-bond acceptors (Lipinski definition) is 4. The number of amides is 2. The third kappa shape index (κ3) is 3.57. The minimum atomic E-state index is 0.128. The summed E-state index contributed by atoms with van der Waals surface area (Å²) in [5.74, 6) is 1.43. The van der Waals surface area contributed by atoms with Gasteiger partial charge in [0.25, 0.3) is 0 Å². The Morgan fingerprint density at radius 3 is 2.88 bits per heavy atom. The fourth-order valence-electron chi connectivity index (χ4n) is 3.59. The van der Waals surface area contributed by atoms with Crippen LogP contribution >= 0.6 is 0 Å². The summed E-state index contributed by atoms with van der Waals surface area (Å²) in [7, 11) is 0. The van der Waals surface area contributed by atoms with Crippen molar-refractivity contribution in [3.05, 3.63) is 23.3 Å². The minimum Gasteiger partial charge on any atom is -0.342 e. The number of piperidine rings is 1. The lowest BCUT2D eigenvalue weighted by Crippen LogP contribution is -2.39. The van der Waals surface area contributed by atoms with Gasteiger partial charge in [0.15, 0.2) is 0 Å². The zero-order chi connectivity index (χ0) is 17.1. The Morgan fingerprint density at radius 1 is 1.29 bits per heavy atom. The number of carbonyl (C=O) groups excluding carboxylic acids is 2. The highest BCUT2D eigenvalue weighted by atomic mass is 16.2. The summed E-state index contributed by atoms with van der Waals surface area (Å²) < 4.78 is 0. The van der Waals surface area contributed by atoms with Crippen molar-refractivity contribution in [3.63, 3.8) is 0 Å². The molecule has 0 N–H and O–H groups in total. The molecule has 1 fully saturated rings. The number of hydrogen-bond donors (Lipinski definition) is 0. The molecule has 0 aliphatic carbocycles. The van der Waals surface area contributed by atoms with Crippen LogP contribution in [0, 0.1) is 0 Å². The lowest BCUT2D eigenvalue weighted by Gasteiger charge is -2.32. The van der Waals surface area contributed by atoms with Crippen LogP contribution in [-0.2, 0) is 22.6 Å². The molecule has 130 valence electrons. The van der Waals surface area contributed by atoms with Crippen molar-refractivity contribution in [3.8, 4) is 0 Å². The van der Waals surface area contributed by atoms with Gasteiger partial charge in [0.1, 0.15) is 5.82 Å². The Morgan fingerprint density at radius 2 is 2.12 bits per heavy atom. The largest absolute Gasteiger partial charge is 0.342 e. The van der Waals surface area contributed by atoms with Crippen LogP contribution in [0.1, 0.15) is 62.5 Å². The Hall–Kier alpha value is -1.98. The van der Waals surface area contributed by atoms with Gasteiger partial charge in [0.2, 0.25) is 11.8 Å². The van der Waals surface area contributed by atoms with Gasteiger partial charge in [-0.15, -0.1) is 0 Å². The quantitative estimate of drug-likeness (QED) is 0.849. The fraction of sp³-hybridized carbons (Fsp3) is 0.667. The highest BCUT2D eigenvalue weighted by Gasteiger charge is 2.27. The lowest BCUT2D eigenvalue weighted by molar-refractivity contribution is -0.132. The van der Waals surface area contributed by atoms with E-state index in [1.54, 1.807) is 6.92 Å². The van der Waals surface area contributed by atoms with E-state index in [1.807, 2.05) is 22.9 Å². The Kier molecular flexibility index (Phi) is 5.11. The minimum absolute atomic E-state index is 0.128. The standard InChI is InChI=1S/C18H26N4O2/c1-3-5-17(24)22-9-7-16-15(12-22)10-19-18(20-16)14-6-4-8-21(11-14)13(2)23/h10,14H,3-9,11-12H2,1-2H3/t14-/m1/s1. The smallest absolute Gasteiger partial charge is 0.222 e. The van der Waals surface area contributed by atoms with Crippen LogP contribution in [0.4, 0.5) is 0 Å². The van der Waals surface area contributed by atoms with Gasteiger partial charge in [-0.1, -0.05) is 6.92 Å². The number of nitrogens with zero attached hydrogens (tertiary/aromatic N) is 4. The molecule has 1 saturated heterocycles. The topological polar surface area (TPSA) is 66.4 Å². The number of aromatic nitrogens is 2. The molecule has 2 amide bonds. The molecule has 0 spiro atoms. The maximum absolute atomic E-state index is 12.1. The molecule has 1 aromatic rings.